The van der Waals surface area contributed by atoms with E-state index in [1.54, 1.807) is 29.8 Å². The van der Waals surface area contributed by atoms with E-state index in [0.29, 0.717) is 34.3 Å². The van der Waals surface area contributed by atoms with Crippen molar-refractivity contribution in [3.05, 3.63) is 59.1 Å². The van der Waals surface area contributed by atoms with E-state index in [0.717, 1.165) is 18.6 Å². The van der Waals surface area contributed by atoms with Crippen molar-refractivity contribution in [2.24, 2.45) is 0 Å². The third kappa shape index (κ3) is 4.11. The lowest BCUT2D eigenvalue weighted by molar-refractivity contribution is 0.102. The number of nitrogens with one attached hydrogen (secondary N) is 1. The summed E-state index contributed by atoms with van der Waals surface area (Å²) >= 11 is 0. The Bertz CT molecular complexity index is 1340. The third-order valence-electron chi connectivity index (χ3n) is 5.54. The number of anilines is 1. The van der Waals surface area contributed by atoms with Crippen molar-refractivity contribution < 1.29 is 13.7 Å². The van der Waals surface area contributed by atoms with Gasteiger partial charge in [0.1, 0.15) is 28.8 Å². The monoisotopic (exact) mass is 447 g/mol. The maximum absolute atomic E-state index is 14.7. The van der Waals surface area contributed by atoms with Crippen LogP contribution in [0, 0.1) is 12.7 Å². The number of amides is 1. The molecule has 1 aliphatic rings. The van der Waals surface area contributed by atoms with Crippen LogP contribution in [0.2, 0.25) is 0 Å². The van der Waals surface area contributed by atoms with Crippen molar-refractivity contribution in [3.8, 4) is 22.8 Å². The Morgan fingerprint density at radius 3 is 2.79 bits per heavy atom. The van der Waals surface area contributed by atoms with Gasteiger partial charge in [-0.3, -0.25) is 4.79 Å². The van der Waals surface area contributed by atoms with Gasteiger partial charge in [0, 0.05) is 17.5 Å². The van der Waals surface area contributed by atoms with E-state index in [2.05, 4.69) is 31.0 Å². The van der Waals surface area contributed by atoms with Crippen molar-refractivity contribution in [1.82, 2.24) is 30.3 Å². The first kappa shape index (κ1) is 20.9. The minimum atomic E-state index is -0.625. The molecule has 1 aliphatic carbocycles. The number of aryl methyl sites for hydroxylation is 1. The van der Waals surface area contributed by atoms with Gasteiger partial charge in [0.2, 0.25) is 5.82 Å². The van der Waals surface area contributed by atoms with Crippen LogP contribution in [0.25, 0.3) is 22.8 Å². The topological polar surface area (TPSA) is 112 Å². The average Bonchev–Trinajstić information content (AvgIpc) is 3.31. The van der Waals surface area contributed by atoms with Gasteiger partial charge in [0.25, 0.3) is 5.91 Å². The molecule has 9 nitrogen and oxygen atoms in total. The molecule has 0 unspecified atom stereocenters. The van der Waals surface area contributed by atoms with E-state index in [-0.39, 0.29) is 17.4 Å². The van der Waals surface area contributed by atoms with Crippen LogP contribution < -0.4 is 5.32 Å². The first-order chi connectivity index (χ1) is 15.9. The smallest absolute Gasteiger partial charge is 0.259 e. The highest BCUT2D eigenvalue weighted by molar-refractivity contribution is 6.04. The summed E-state index contributed by atoms with van der Waals surface area (Å²) in [4.78, 5) is 17.4. The van der Waals surface area contributed by atoms with Gasteiger partial charge >= 0.3 is 0 Å². The quantitative estimate of drug-likeness (QED) is 0.461. The Hall–Kier alpha value is -3.95. The van der Waals surface area contributed by atoms with Gasteiger partial charge < -0.3 is 9.84 Å². The summed E-state index contributed by atoms with van der Waals surface area (Å²) in [6.07, 6.45) is 2.17. The maximum atomic E-state index is 14.7. The van der Waals surface area contributed by atoms with Crippen molar-refractivity contribution in [1.29, 1.82) is 0 Å². The summed E-state index contributed by atoms with van der Waals surface area (Å²) in [6.45, 7) is 5.67. The minimum absolute atomic E-state index is 0.0343. The molecule has 0 saturated heterocycles. The maximum Gasteiger partial charge on any atom is 0.259 e. The van der Waals surface area contributed by atoms with Gasteiger partial charge in [-0.25, -0.2) is 14.1 Å². The molecule has 0 bridgehead atoms. The van der Waals surface area contributed by atoms with Gasteiger partial charge in [0.15, 0.2) is 0 Å². The Kier molecular flexibility index (Phi) is 5.20. The van der Waals surface area contributed by atoms with Crippen LogP contribution >= 0.6 is 0 Å². The number of benzene rings is 1. The zero-order valence-corrected chi connectivity index (χ0v) is 18.4. The number of hydrogen-bond donors (Lipinski definition) is 1. The van der Waals surface area contributed by atoms with E-state index < -0.39 is 11.7 Å². The van der Waals surface area contributed by atoms with E-state index in [9.17, 15) is 9.18 Å². The lowest BCUT2D eigenvalue weighted by Crippen LogP contribution is -2.15. The van der Waals surface area contributed by atoms with Gasteiger partial charge in [0.05, 0.1) is 11.6 Å². The van der Waals surface area contributed by atoms with Gasteiger partial charge in [-0.2, -0.15) is 0 Å². The molecule has 0 atom stereocenters. The molecule has 4 aromatic rings. The zero-order chi connectivity index (χ0) is 23.1. The van der Waals surface area contributed by atoms with Crippen LogP contribution in [0.1, 0.15) is 60.3 Å². The number of rotatable bonds is 6. The van der Waals surface area contributed by atoms with Crippen molar-refractivity contribution in [3.63, 3.8) is 0 Å². The first-order valence-corrected chi connectivity index (χ1v) is 10.7. The van der Waals surface area contributed by atoms with Gasteiger partial charge in [-0.1, -0.05) is 11.2 Å². The number of hydrogen-bond acceptors (Lipinski definition) is 7. The Morgan fingerprint density at radius 2 is 2.03 bits per heavy atom. The zero-order valence-electron chi connectivity index (χ0n) is 18.4. The summed E-state index contributed by atoms with van der Waals surface area (Å²) in [5.74, 6) is 0.721. The fourth-order valence-corrected chi connectivity index (χ4v) is 3.62. The minimum Gasteiger partial charge on any atom is -0.360 e. The summed E-state index contributed by atoms with van der Waals surface area (Å²) in [5, 5.41) is 18.5. The second-order valence-corrected chi connectivity index (χ2v) is 8.44. The lowest BCUT2D eigenvalue weighted by atomic mass is 10.0. The van der Waals surface area contributed by atoms with Crippen LogP contribution in [0.5, 0.6) is 0 Å². The molecule has 168 valence electrons. The second-order valence-electron chi connectivity index (χ2n) is 8.44. The Morgan fingerprint density at radius 1 is 1.21 bits per heavy atom. The summed E-state index contributed by atoms with van der Waals surface area (Å²) in [7, 11) is 0. The van der Waals surface area contributed by atoms with E-state index in [1.807, 2.05) is 19.9 Å². The summed E-state index contributed by atoms with van der Waals surface area (Å²) in [5.41, 5.74) is 2.29. The highest BCUT2D eigenvalue weighted by atomic mass is 19.1. The molecular formula is C23H22FN7O2. The average molecular weight is 447 g/mol. The SMILES string of the molecule is Cc1cc(F)c(C(=O)Nc2cccc(-c3nnnn3C(C)C)n2)cc1-c1cc(C2CC2)on1. The number of tetrazole rings is 1. The molecule has 33 heavy (non-hydrogen) atoms. The largest absolute Gasteiger partial charge is 0.360 e. The molecule has 5 rings (SSSR count). The number of pyridine rings is 1. The summed E-state index contributed by atoms with van der Waals surface area (Å²) in [6, 6.07) is 9.82. The normalized spacial score (nSPS) is 13.5. The van der Waals surface area contributed by atoms with E-state index in [4.69, 9.17) is 4.52 Å². The highest BCUT2D eigenvalue weighted by Gasteiger charge is 2.28. The molecule has 1 fully saturated rings. The molecule has 1 aromatic carbocycles. The standard InChI is InChI=1S/C23H22FN7O2/c1-12(2)31-22(27-29-30-31)18-5-4-6-21(25-18)26-23(32)16-10-15(13(3)9-17(16)24)19-11-20(33-28-19)14-7-8-14/h4-6,9-12,14H,7-8H2,1-3H3,(H,25,26,32). The van der Waals surface area contributed by atoms with Crippen molar-refractivity contribution >= 4 is 11.7 Å². The van der Waals surface area contributed by atoms with Gasteiger partial charge in [-0.15, -0.1) is 5.10 Å². The van der Waals surface area contributed by atoms with Crippen LogP contribution in [0.3, 0.4) is 0 Å². The van der Waals surface area contributed by atoms with Crippen LogP contribution in [0.4, 0.5) is 10.2 Å². The van der Waals surface area contributed by atoms with Gasteiger partial charge in [-0.05, 0) is 73.9 Å². The predicted molar refractivity (Wildman–Crippen MR) is 118 cm³/mol. The number of nitrogens with zero attached hydrogens (tertiary/aromatic N) is 6. The Balaban J connectivity index is 1.42. The van der Waals surface area contributed by atoms with Crippen LogP contribution in [-0.2, 0) is 0 Å². The molecule has 10 heteroatoms. The fourth-order valence-electron chi connectivity index (χ4n) is 3.62. The molecule has 0 aliphatic heterocycles. The highest BCUT2D eigenvalue weighted by Crippen LogP contribution is 2.41. The summed E-state index contributed by atoms with van der Waals surface area (Å²) < 4.78 is 21.8. The number of halogens is 1. The molecule has 1 N–H and O–H groups in total. The predicted octanol–water partition coefficient (Wildman–Crippen LogP) is 4.55. The molecule has 0 radical (unpaired) electrons. The molecule has 1 saturated carbocycles. The Labute approximate surface area is 189 Å². The molecule has 3 heterocycles. The molecule has 3 aromatic heterocycles. The van der Waals surface area contributed by atoms with Crippen molar-refractivity contribution in [2.75, 3.05) is 5.32 Å². The molecule has 1 amide bonds. The number of aromatic nitrogens is 6. The third-order valence-corrected chi connectivity index (χ3v) is 5.54. The first-order valence-electron chi connectivity index (χ1n) is 10.7. The van der Waals surface area contributed by atoms with E-state index in [1.165, 1.54) is 12.1 Å². The molecular weight excluding hydrogens is 425 g/mol. The lowest BCUT2D eigenvalue weighted by Gasteiger charge is -2.11. The van der Waals surface area contributed by atoms with Crippen LogP contribution in [0.15, 0.2) is 40.9 Å². The second kappa shape index (κ2) is 8.19. The van der Waals surface area contributed by atoms with Crippen LogP contribution in [-0.4, -0.2) is 36.3 Å². The fraction of sp³-hybridized carbons (Fsp3) is 0.304. The number of carbonyl (C=O) groups is 1. The van der Waals surface area contributed by atoms with Crippen molar-refractivity contribution in [2.45, 2.75) is 45.6 Å². The van der Waals surface area contributed by atoms with E-state index >= 15 is 0 Å². The molecule has 0 spiro atoms. The number of carbonyl (C=O) groups excluding carboxylic acids is 1.